The summed E-state index contributed by atoms with van der Waals surface area (Å²) in [4.78, 5) is 17.1. The van der Waals surface area contributed by atoms with Gasteiger partial charge in [0.05, 0.1) is 5.54 Å². The monoisotopic (exact) mass is 253 g/mol. The highest BCUT2D eigenvalue weighted by atomic mass is 16.2. The lowest BCUT2D eigenvalue weighted by Crippen LogP contribution is -2.57. The van der Waals surface area contributed by atoms with Crippen molar-refractivity contribution in [3.05, 3.63) is 0 Å². The van der Waals surface area contributed by atoms with Crippen LogP contribution >= 0.6 is 0 Å². The van der Waals surface area contributed by atoms with Gasteiger partial charge < -0.3 is 15.5 Å². The maximum absolute atomic E-state index is 12.7. The highest BCUT2D eigenvalue weighted by molar-refractivity contribution is 5.86. The molecule has 1 atom stereocenters. The van der Waals surface area contributed by atoms with E-state index in [1.165, 1.54) is 0 Å². The Morgan fingerprint density at radius 2 is 1.94 bits per heavy atom. The number of likely N-dealkylation sites (N-methyl/N-ethyl adjacent to an activating group) is 1. The highest BCUT2D eigenvalue weighted by Gasteiger charge is 2.41. The number of amides is 1. The summed E-state index contributed by atoms with van der Waals surface area (Å²) in [5.41, 5.74) is 5.77. The lowest BCUT2D eigenvalue weighted by molar-refractivity contribution is -0.139. The number of carbonyl (C=O) groups is 1. The van der Waals surface area contributed by atoms with Crippen molar-refractivity contribution in [2.45, 2.75) is 57.0 Å². The van der Waals surface area contributed by atoms with Crippen molar-refractivity contribution in [3.8, 4) is 0 Å². The fraction of sp³-hybridized carbons (Fsp3) is 0.929. The Kier molecular flexibility index (Phi) is 4.28. The van der Waals surface area contributed by atoms with E-state index in [9.17, 15) is 4.79 Å². The molecule has 0 aromatic heterocycles. The van der Waals surface area contributed by atoms with Crippen molar-refractivity contribution in [1.29, 1.82) is 0 Å². The van der Waals surface area contributed by atoms with Crippen molar-refractivity contribution in [2.75, 3.05) is 26.7 Å². The molecule has 2 rings (SSSR count). The number of rotatable bonds is 2. The van der Waals surface area contributed by atoms with E-state index in [-0.39, 0.29) is 5.91 Å². The minimum absolute atomic E-state index is 0.210. The Labute approximate surface area is 110 Å². The first kappa shape index (κ1) is 13.8. The number of nitrogens with two attached hydrogens (primary N) is 1. The van der Waals surface area contributed by atoms with Gasteiger partial charge in [-0.3, -0.25) is 4.79 Å². The van der Waals surface area contributed by atoms with Crippen LogP contribution in [0.1, 0.15) is 45.4 Å². The summed E-state index contributed by atoms with van der Waals surface area (Å²) in [6, 6.07) is 0.339. The molecule has 1 amide bonds. The summed E-state index contributed by atoms with van der Waals surface area (Å²) >= 11 is 0. The zero-order valence-electron chi connectivity index (χ0n) is 11.8. The van der Waals surface area contributed by atoms with Crippen molar-refractivity contribution in [2.24, 2.45) is 5.73 Å². The molecule has 0 aromatic rings. The molecule has 2 fully saturated rings. The van der Waals surface area contributed by atoms with Gasteiger partial charge in [-0.2, -0.15) is 0 Å². The van der Waals surface area contributed by atoms with E-state index in [0.29, 0.717) is 6.04 Å². The van der Waals surface area contributed by atoms with Crippen LogP contribution in [0.3, 0.4) is 0 Å². The largest absolute Gasteiger partial charge is 0.337 e. The van der Waals surface area contributed by atoms with E-state index >= 15 is 0 Å². The quantitative estimate of drug-likeness (QED) is 0.804. The first-order valence-corrected chi connectivity index (χ1v) is 7.35. The average molecular weight is 253 g/mol. The van der Waals surface area contributed by atoms with Gasteiger partial charge in [0.25, 0.3) is 0 Å². The van der Waals surface area contributed by atoms with Crippen LogP contribution in [0.15, 0.2) is 0 Å². The Balaban J connectivity index is 2.11. The van der Waals surface area contributed by atoms with Gasteiger partial charge in [0.1, 0.15) is 0 Å². The van der Waals surface area contributed by atoms with Gasteiger partial charge in [-0.25, -0.2) is 0 Å². The molecule has 0 radical (unpaired) electrons. The average Bonchev–Trinajstić information content (AvgIpc) is 2.70. The predicted molar refractivity (Wildman–Crippen MR) is 73.3 cm³/mol. The molecule has 4 heteroatoms. The molecule has 0 spiro atoms. The molecule has 0 aromatic carbocycles. The SMILES string of the molecule is CCC1CN(C)CCCN1C(=O)C1(N)CCCC1. The first-order valence-electron chi connectivity index (χ1n) is 7.35. The van der Waals surface area contributed by atoms with Crippen LogP contribution in [-0.4, -0.2) is 54.0 Å². The maximum atomic E-state index is 12.7. The molecule has 104 valence electrons. The highest BCUT2D eigenvalue weighted by Crippen LogP contribution is 2.30. The second-order valence-corrected chi connectivity index (χ2v) is 6.04. The fourth-order valence-electron chi connectivity index (χ4n) is 3.37. The lowest BCUT2D eigenvalue weighted by Gasteiger charge is -2.36. The van der Waals surface area contributed by atoms with Gasteiger partial charge in [0.15, 0.2) is 0 Å². The van der Waals surface area contributed by atoms with Crippen LogP contribution in [-0.2, 0) is 4.79 Å². The van der Waals surface area contributed by atoms with Crippen LogP contribution in [0.5, 0.6) is 0 Å². The van der Waals surface area contributed by atoms with Gasteiger partial charge in [-0.1, -0.05) is 19.8 Å². The van der Waals surface area contributed by atoms with Gasteiger partial charge in [0, 0.05) is 19.1 Å². The van der Waals surface area contributed by atoms with Gasteiger partial charge >= 0.3 is 0 Å². The molecule has 1 unspecified atom stereocenters. The van der Waals surface area contributed by atoms with E-state index < -0.39 is 5.54 Å². The third-order valence-corrected chi connectivity index (χ3v) is 4.56. The summed E-state index contributed by atoms with van der Waals surface area (Å²) in [5.74, 6) is 0.210. The van der Waals surface area contributed by atoms with Crippen molar-refractivity contribution in [1.82, 2.24) is 9.80 Å². The lowest BCUT2D eigenvalue weighted by atomic mass is 9.95. The van der Waals surface area contributed by atoms with Crippen molar-refractivity contribution in [3.63, 3.8) is 0 Å². The summed E-state index contributed by atoms with van der Waals surface area (Å²) in [5, 5.41) is 0. The van der Waals surface area contributed by atoms with E-state index in [1.54, 1.807) is 0 Å². The van der Waals surface area contributed by atoms with Crippen LogP contribution in [0, 0.1) is 0 Å². The Morgan fingerprint density at radius 1 is 1.28 bits per heavy atom. The smallest absolute Gasteiger partial charge is 0.242 e. The minimum atomic E-state index is -0.559. The minimum Gasteiger partial charge on any atom is -0.337 e. The predicted octanol–water partition coefficient (Wildman–Crippen LogP) is 1.20. The molecular formula is C14H27N3O. The molecule has 2 aliphatic rings. The number of hydrogen-bond acceptors (Lipinski definition) is 3. The second kappa shape index (κ2) is 5.57. The summed E-state index contributed by atoms with van der Waals surface area (Å²) < 4.78 is 0. The number of hydrogen-bond donors (Lipinski definition) is 1. The van der Waals surface area contributed by atoms with Crippen molar-refractivity contribution < 1.29 is 4.79 Å². The van der Waals surface area contributed by atoms with E-state index in [0.717, 1.165) is 58.2 Å². The summed E-state index contributed by atoms with van der Waals surface area (Å²) in [6.07, 6.45) is 6.03. The van der Waals surface area contributed by atoms with Gasteiger partial charge in [0.2, 0.25) is 5.91 Å². The molecule has 1 saturated carbocycles. The summed E-state index contributed by atoms with van der Waals surface area (Å²) in [6.45, 7) is 5.11. The molecule has 1 aliphatic heterocycles. The van der Waals surface area contributed by atoms with Gasteiger partial charge in [-0.15, -0.1) is 0 Å². The zero-order chi connectivity index (χ0) is 13.2. The second-order valence-electron chi connectivity index (χ2n) is 6.04. The third-order valence-electron chi connectivity index (χ3n) is 4.56. The van der Waals surface area contributed by atoms with Crippen LogP contribution in [0.4, 0.5) is 0 Å². The number of carbonyl (C=O) groups excluding carboxylic acids is 1. The molecule has 2 N–H and O–H groups in total. The Morgan fingerprint density at radius 3 is 2.56 bits per heavy atom. The molecule has 0 bridgehead atoms. The summed E-state index contributed by atoms with van der Waals surface area (Å²) in [7, 11) is 2.14. The Bertz CT molecular complexity index is 299. The Hall–Kier alpha value is -0.610. The van der Waals surface area contributed by atoms with E-state index in [2.05, 4.69) is 23.8 Å². The van der Waals surface area contributed by atoms with Crippen LogP contribution in [0.25, 0.3) is 0 Å². The van der Waals surface area contributed by atoms with Crippen LogP contribution < -0.4 is 5.73 Å². The first-order chi connectivity index (χ1) is 8.57. The van der Waals surface area contributed by atoms with Crippen molar-refractivity contribution >= 4 is 5.91 Å². The number of nitrogens with zero attached hydrogens (tertiary/aromatic N) is 2. The standard InChI is InChI=1S/C14H27N3O/c1-3-12-11-16(2)9-6-10-17(12)13(18)14(15)7-4-5-8-14/h12H,3-11,15H2,1-2H3. The van der Waals surface area contributed by atoms with E-state index in [1.807, 2.05) is 0 Å². The maximum Gasteiger partial charge on any atom is 0.242 e. The molecule has 1 saturated heterocycles. The molecular weight excluding hydrogens is 226 g/mol. The molecule has 4 nitrogen and oxygen atoms in total. The van der Waals surface area contributed by atoms with Crippen LogP contribution in [0.2, 0.25) is 0 Å². The zero-order valence-corrected chi connectivity index (χ0v) is 11.8. The molecule has 1 aliphatic carbocycles. The topological polar surface area (TPSA) is 49.6 Å². The fourth-order valence-corrected chi connectivity index (χ4v) is 3.37. The normalized spacial score (nSPS) is 29.3. The molecule has 18 heavy (non-hydrogen) atoms. The molecule has 1 heterocycles. The third kappa shape index (κ3) is 2.69. The van der Waals surface area contributed by atoms with Gasteiger partial charge in [-0.05, 0) is 39.3 Å². The van der Waals surface area contributed by atoms with E-state index in [4.69, 9.17) is 5.73 Å².